The predicted octanol–water partition coefficient (Wildman–Crippen LogP) is 0.804. The van der Waals surface area contributed by atoms with Crippen molar-refractivity contribution in [1.82, 2.24) is 5.32 Å². The number of benzene rings is 2. The second-order valence-electron chi connectivity index (χ2n) is 8.20. The summed E-state index contributed by atoms with van der Waals surface area (Å²) in [4.78, 5) is 13.5. The molecule has 0 aliphatic carbocycles. The van der Waals surface area contributed by atoms with E-state index >= 15 is 0 Å². The lowest BCUT2D eigenvalue weighted by atomic mass is 9.99. The van der Waals surface area contributed by atoms with Gasteiger partial charge in [-0.25, -0.2) is 4.79 Å². The molecule has 0 amide bonds. The maximum absolute atomic E-state index is 11.4. The minimum Gasteiger partial charge on any atom is -0.479 e. The standard InChI is InChI=1S/C24H30N2O7/c1-25-11-4-12-26-17-6-3-2-5-14(17)7-8-15-13-16(9-10-18(15)26)32-24-21(29)19(27)20(28)22(33-24)23(30)31/h2-3,5-6,9-10,13,19-22,24-25,27-29H,4,7-8,11-12H2,1H3,(H,30,31)/t19-,20-,21+,22-,24+/m0/s1/i1D3. The molecular formula is C24H30N2O7. The van der Waals surface area contributed by atoms with Crippen molar-refractivity contribution in [2.75, 3.05) is 25.0 Å². The largest absolute Gasteiger partial charge is 0.479 e. The summed E-state index contributed by atoms with van der Waals surface area (Å²) in [5, 5.41) is 42.0. The highest BCUT2D eigenvalue weighted by Gasteiger charge is 2.48. The van der Waals surface area contributed by atoms with Crippen LogP contribution in [0.25, 0.3) is 0 Å². The molecule has 9 heteroatoms. The molecule has 178 valence electrons. The van der Waals surface area contributed by atoms with Crippen molar-refractivity contribution in [1.29, 1.82) is 0 Å². The van der Waals surface area contributed by atoms with E-state index in [1.807, 2.05) is 24.3 Å². The number of aliphatic carboxylic acids is 1. The lowest BCUT2D eigenvalue weighted by molar-refractivity contribution is -0.271. The number of ether oxygens (including phenoxy) is 2. The number of rotatable bonds is 7. The number of anilines is 2. The number of carboxylic acids is 1. The summed E-state index contributed by atoms with van der Waals surface area (Å²) in [7, 11) is 0. The minimum atomic E-state index is -2.20. The Bertz CT molecular complexity index is 1080. The molecule has 4 rings (SSSR count). The summed E-state index contributed by atoms with van der Waals surface area (Å²) in [6.45, 7) is -1.31. The molecule has 2 aromatic rings. The van der Waals surface area contributed by atoms with Crippen molar-refractivity contribution in [2.24, 2.45) is 0 Å². The number of para-hydroxylation sites is 1. The van der Waals surface area contributed by atoms with E-state index < -0.39 is 43.7 Å². The number of nitrogens with zero attached hydrogens (tertiary/aromatic N) is 1. The van der Waals surface area contributed by atoms with E-state index in [4.69, 9.17) is 13.6 Å². The van der Waals surface area contributed by atoms with Crippen LogP contribution >= 0.6 is 0 Å². The fraction of sp³-hybridized carbons (Fsp3) is 0.458. The molecule has 0 saturated carbocycles. The molecule has 5 atom stereocenters. The molecule has 33 heavy (non-hydrogen) atoms. The Morgan fingerprint density at radius 2 is 1.88 bits per heavy atom. The molecule has 2 aromatic carbocycles. The van der Waals surface area contributed by atoms with Gasteiger partial charge in [-0.2, -0.15) is 0 Å². The third-order valence-corrected chi connectivity index (χ3v) is 6.04. The molecule has 1 fully saturated rings. The number of carboxylic acid groups (broad SMARTS) is 1. The maximum Gasteiger partial charge on any atom is 0.335 e. The summed E-state index contributed by atoms with van der Waals surface area (Å²) in [5.41, 5.74) is 4.04. The molecule has 2 aliphatic heterocycles. The Morgan fingerprint density at radius 1 is 1.12 bits per heavy atom. The van der Waals surface area contributed by atoms with Gasteiger partial charge < -0.3 is 40.1 Å². The maximum atomic E-state index is 11.4. The molecule has 0 radical (unpaired) electrons. The van der Waals surface area contributed by atoms with E-state index in [1.54, 1.807) is 12.1 Å². The van der Waals surface area contributed by atoms with Crippen LogP contribution in [0.3, 0.4) is 0 Å². The number of fused-ring (bicyclic) bond motifs is 2. The second kappa shape index (κ2) is 10.1. The summed E-state index contributed by atoms with van der Waals surface area (Å²) < 4.78 is 33.0. The van der Waals surface area contributed by atoms with Gasteiger partial charge in [0, 0.05) is 22.0 Å². The number of hydrogen-bond acceptors (Lipinski definition) is 8. The first-order valence-corrected chi connectivity index (χ1v) is 10.9. The summed E-state index contributed by atoms with van der Waals surface area (Å²) in [6.07, 6.45) is -6.42. The number of nitrogens with one attached hydrogen (secondary N) is 1. The second-order valence-corrected chi connectivity index (χ2v) is 8.20. The van der Waals surface area contributed by atoms with Crippen LogP contribution in [0.4, 0.5) is 11.4 Å². The average molecular weight is 462 g/mol. The number of aryl methyl sites for hydroxylation is 2. The van der Waals surface area contributed by atoms with E-state index in [2.05, 4.69) is 16.3 Å². The first-order chi connectivity index (χ1) is 17.0. The van der Waals surface area contributed by atoms with Crippen molar-refractivity contribution in [3.8, 4) is 5.75 Å². The van der Waals surface area contributed by atoms with Crippen molar-refractivity contribution >= 4 is 17.3 Å². The molecule has 0 aromatic heterocycles. The smallest absolute Gasteiger partial charge is 0.335 e. The highest BCUT2D eigenvalue weighted by atomic mass is 16.7. The van der Waals surface area contributed by atoms with Gasteiger partial charge in [-0.3, -0.25) is 0 Å². The van der Waals surface area contributed by atoms with Gasteiger partial charge in [-0.15, -0.1) is 0 Å². The molecule has 0 spiro atoms. The first-order valence-electron chi connectivity index (χ1n) is 12.4. The van der Waals surface area contributed by atoms with Crippen molar-refractivity contribution in [2.45, 2.75) is 50.0 Å². The number of aliphatic hydroxyl groups is 3. The number of aliphatic hydroxyl groups excluding tert-OH is 3. The van der Waals surface area contributed by atoms with Gasteiger partial charge in [0.2, 0.25) is 6.29 Å². The van der Waals surface area contributed by atoms with Gasteiger partial charge >= 0.3 is 5.97 Å². The lowest BCUT2D eigenvalue weighted by Crippen LogP contribution is -2.61. The molecule has 0 unspecified atom stereocenters. The zero-order valence-electron chi connectivity index (χ0n) is 20.9. The number of carbonyl (C=O) groups is 1. The zero-order chi connectivity index (χ0) is 26.0. The van der Waals surface area contributed by atoms with Crippen molar-refractivity contribution < 1.29 is 38.8 Å². The van der Waals surface area contributed by atoms with E-state index in [0.717, 1.165) is 28.9 Å². The first kappa shape index (κ1) is 19.7. The van der Waals surface area contributed by atoms with E-state index in [1.165, 1.54) is 0 Å². The Balaban J connectivity index is 1.56. The average Bonchev–Trinajstić information content (AvgIpc) is 2.98. The highest BCUT2D eigenvalue weighted by molar-refractivity contribution is 5.73. The molecular weight excluding hydrogens is 428 g/mol. The van der Waals surface area contributed by atoms with Crippen molar-refractivity contribution in [3.05, 3.63) is 53.6 Å². The predicted molar refractivity (Wildman–Crippen MR) is 121 cm³/mol. The van der Waals surface area contributed by atoms with Gasteiger partial charge in [0.1, 0.15) is 24.1 Å². The molecule has 2 heterocycles. The normalized spacial score (nSPS) is 28.5. The minimum absolute atomic E-state index is 0.306. The topological polar surface area (TPSA) is 132 Å². The van der Waals surface area contributed by atoms with Crippen LogP contribution < -0.4 is 15.0 Å². The van der Waals surface area contributed by atoms with Crippen molar-refractivity contribution in [3.63, 3.8) is 0 Å². The van der Waals surface area contributed by atoms with Crippen LogP contribution in [0.5, 0.6) is 5.75 Å². The van der Waals surface area contributed by atoms with E-state index in [9.17, 15) is 25.2 Å². The Labute approximate surface area is 196 Å². The number of hydrogen-bond donors (Lipinski definition) is 5. The molecule has 0 bridgehead atoms. The fourth-order valence-corrected chi connectivity index (χ4v) is 4.33. The SMILES string of the molecule is [2H]C([2H])([2H])NCCCN1c2ccccc2CCc2cc(O[C@@H]3O[C@H](C(=O)O)[C@@H](O)[C@H](O)[C@H]3O)ccc21. The van der Waals surface area contributed by atoms with Crippen LogP contribution in [0.15, 0.2) is 42.5 Å². The third kappa shape index (κ3) is 4.83. The molecule has 5 N–H and O–H groups in total. The van der Waals surface area contributed by atoms with E-state index in [-0.39, 0.29) is 0 Å². The lowest BCUT2D eigenvalue weighted by Gasteiger charge is -2.38. The van der Waals surface area contributed by atoms with E-state index in [0.29, 0.717) is 31.7 Å². The Kier molecular flexibility index (Phi) is 6.02. The van der Waals surface area contributed by atoms with Gasteiger partial charge in [0.25, 0.3) is 0 Å². The van der Waals surface area contributed by atoms with Crippen LogP contribution in [0, 0.1) is 0 Å². The van der Waals surface area contributed by atoms with Gasteiger partial charge in [0.15, 0.2) is 6.10 Å². The fourth-order valence-electron chi connectivity index (χ4n) is 4.33. The van der Waals surface area contributed by atoms with Crippen LogP contribution in [0.1, 0.15) is 21.7 Å². The van der Waals surface area contributed by atoms with Crippen LogP contribution in [-0.2, 0) is 22.4 Å². The van der Waals surface area contributed by atoms with Crippen LogP contribution in [-0.4, -0.2) is 77.2 Å². The molecule has 1 saturated heterocycles. The summed E-state index contributed by atoms with van der Waals surface area (Å²) >= 11 is 0. The molecule has 2 aliphatic rings. The monoisotopic (exact) mass is 461 g/mol. The summed E-state index contributed by atoms with van der Waals surface area (Å²) in [5.74, 6) is -1.18. The zero-order valence-corrected chi connectivity index (χ0v) is 17.9. The highest BCUT2D eigenvalue weighted by Crippen LogP contribution is 2.38. The van der Waals surface area contributed by atoms with Gasteiger partial charge in [-0.05, 0) is 68.2 Å². The Morgan fingerprint density at radius 3 is 2.67 bits per heavy atom. The Hall–Kier alpha value is -2.69. The van der Waals surface area contributed by atoms with Gasteiger partial charge in [-0.1, -0.05) is 18.2 Å². The third-order valence-electron chi connectivity index (χ3n) is 6.04. The quantitative estimate of drug-likeness (QED) is 0.380. The van der Waals surface area contributed by atoms with Crippen LogP contribution in [0.2, 0.25) is 0 Å². The van der Waals surface area contributed by atoms with Gasteiger partial charge in [0.05, 0.1) is 0 Å². The molecule has 9 nitrogen and oxygen atoms in total. The summed E-state index contributed by atoms with van der Waals surface area (Å²) in [6, 6.07) is 13.3.